The van der Waals surface area contributed by atoms with E-state index in [1.165, 1.54) is 36.4 Å². The molecule has 1 heterocycles. The third-order valence-corrected chi connectivity index (χ3v) is 3.59. The van der Waals surface area contributed by atoms with Crippen molar-refractivity contribution in [2.75, 3.05) is 5.32 Å². The summed E-state index contributed by atoms with van der Waals surface area (Å²) in [6.45, 7) is 0. The van der Waals surface area contributed by atoms with Gasteiger partial charge in [0.25, 0.3) is 0 Å². The van der Waals surface area contributed by atoms with Crippen LogP contribution in [0.3, 0.4) is 0 Å². The van der Waals surface area contributed by atoms with Crippen molar-refractivity contribution in [2.45, 2.75) is 12.6 Å². The molecular formula is C17H12F4N2O. The second kappa shape index (κ2) is 5.99. The van der Waals surface area contributed by atoms with Crippen LogP contribution in [0.1, 0.15) is 11.1 Å². The first-order valence-electron chi connectivity index (χ1n) is 7.06. The average Bonchev–Trinajstić information content (AvgIpc) is 2.89. The normalized spacial score (nSPS) is 11.7. The summed E-state index contributed by atoms with van der Waals surface area (Å²) < 4.78 is 52.1. The number of benzene rings is 2. The van der Waals surface area contributed by atoms with Crippen molar-refractivity contribution in [1.29, 1.82) is 0 Å². The van der Waals surface area contributed by atoms with Gasteiger partial charge in [-0.2, -0.15) is 13.2 Å². The van der Waals surface area contributed by atoms with Crippen molar-refractivity contribution < 1.29 is 22.4 Å². The van der Waals surface area contributed by atoms with Crippen molar-refractivity contribution in [2.24, 2.45) is 0 Å². The molecule has 0 aliphatic carbocycles. The van der Waals surface area contributed by atoms with E-state index in [9.17, 15) is 22.4 Å². The third kappa shape index (κ3) is 3.24. The average molecular weight is 336 g/mol. The molecule has 1 amide bonds. The van der Waals surface area contributed by atoms with Crippen molar-refractivity contribution in [3.8, 4) is 0 Å². The van der Waals surface area contributed by atoms with Crippen LogP contribution < -0.4 is 5.32 Å². The molecule has 0 aliphatic heterocycles. The number of aromatic nitrogens is 1. The van der Waals surface area contributed by atoms with Crippen molar-refractivity contribution in [3.63, 3.8) is 0 Å². The van der Waals surface area contributed by atoms with E-state index in [1.54, 1.807) is 6.20 Å². The maximum Gasteiger partial charge on any atom is 0.418 e. The highest BCUT2D eigenvalue weighted by Gasteiger charge is 2.33. The van der Waals surface area contributed by atoms with Gasteiger partial charge in [0, 0.05) is 17.1 Å². The van der Waals surface area contributed by atoms with Gasteiger partial charge in [-0.1, -0.05) is 12.1 Å². The number of para-hydroxylation sites is 1. The van der Waals surface area contributed by atoms with Crippen molar-refractivity contribution in [1.82, 2.24) is 4.98 Å². The van der Waals surface area contributed by atoms with Crippen LogP contribution in [0.2, 0.25) is 0 Å². The molecule has 2 aromatic carbocycles. The number of aromatic amines is 1. The minimum absolute atomic E-state index is 0.171. The Morgan fingerprint density at radius 2 is 1.88 bits per heavy atom. The number of carbonyl (C=O) groups is 1. The van der Waals surface area contributed by atoms with Gasteiger partial charge in [0.1, 0.15) is 5.82 Å². The Bertz CT molecular complexity index is 899. The summed E-state index contributed by atoms with van der Waals surface area (Å²) in [6.07, 6.45) is -3.19. The van der Waals surface area contributed by atoms with E-state index in [1.807, 2.05) is 0 Å². The SMILES string of the molecule is O=C(Cc1c[nH]c2ccc(F)cc12)Nc1ccccc1C(F)(F)F. The Hall–Kier alpha value is -2.83. The lowest BCUT2D eigenvalue weighted by Crippen LogP contribution is -2.18. The molecule has 0 radical (unpaired) electrons. The molecular weight excluding hydrogens is 324 g/mol. The molecule has 0 saturated heterocycles. The molecule has 0 saturated carbocycles. The first-order chi connectivity index (χ1) is 11.3. The number of H-pyrrole nitrogens is 1. The van der Waals surface area contributed by atoms with Crippen LogP contribution >= 0.6 is 0 Å². The van der Waals surface area contributed by atoms with Crippen molar-refractivity contribution >= 4 is 22.5 Å². The highest BCUT2D eigenvalue weighted by Crippen LogP contribution is 2.34. The van der Waals surface area contributed by atoms with E-state index in [0.29, 0.717) is 16.5 Å². The molecule has 3 rings (SSSR count). The summed E-state index contributed by atoms with van der Waals surface area (Å²) in [5.41, 5.74) is -0.0641. The van der Waals surface area contributed by atoms with E-state index in [0.717, 1.165) is 6.07 Å². The zero-order valence-electron chi connectivity index (χ0n) is 12.2. The summed E-state index contributed by atoms with van der Waals surface area (Å²) in [4.78, 5) is 15.0. The van der Waals surface area contributed by atoms with Gasteiger partial charge in [0.15, 0.2) is 0 Å². The van der Waals surface area contributed by atoms with E-state index in [4.69, 9.17) is 0 Å². The first-order valence-corrected chi connectivity index (χ1v) is 7.06. The fraction of sp³-hybridized carbons (Fsp3) is 0.118. The van der Waals surface area contributed by atoms with E-state index < -0.39 is 23.5 Å². The van der Waals surface area contributed by atoms with Crippen LogP contribution in [0.4, 0.5) is 23.2 Å². The third-order valence-electron chi connectivity index (χ3n) is 3.59. The predicted molar refractivity (Wildman–Crippen MR) is 82.0 cm³/mol. The molecule has 0 unspecified atom stereocenters. The summed E-state index contributed by atoms with van der Waals surface area (Å²) in [5.74, 6) is -1.07. The zero-order valence-corrected chi connectivity index (χ0v) is 12.2. The zero-order chi connectivity index (χ0) is 17.3. The summed E-state index contributed by atoms with van der Waals surface area (Å²) in [6, 6.07) is 8.84. The summed E-state index contributed by atoms with van der Waals surface area (Å²) in [5, 5.41) is 2.79. The molecule has 0 fully saturated rings. The van der Waals surface area contributed by atoms with Gasteiger partial charge in [0.05, 0.1) is 17.7 Å². The molecule has 3 nitrogen and oxygen atoms in total. The number of amides is 1. The fourth-order valence-corrected chi connectivity index (χ4v) is 2.50. The van der Waals surface area contributed by atoms with E-state index >= 15 is 0 Å². The van der Waals surface area contributed by atoms with Gasteiger partial charge in [-0.15, -0.1) is 0 Å². The number of rotatable bonds is 3. The predicted octanol–water partition coefficient (Wildman–Crippen LogP) is 4.51. The second-order valence-corrected chi connectivity index (χ2v) is 5.27. The highest BCUT2D eigenvalue weighted by molar-refractivity contribution is 5.96. The molecule has 3 aromatic rings. The van der Waals surface area contributed by atoms with Gasteiger partial charge >= 0.3 is 6.18 Å². The maximum absolute atomic E-state index is 13.3. The Balaban J connectivity index is 1.82. The Labute approximate surface area is 134 Å². The number of hydrogen-bond acceptors (Lipinski definition) is 1. The molecule has 124 valence electrons. The number of nitrogens with one attached hydrogen (secondary N) is 2. The van der Waals surface area contributed by atoms with Gasteiger partial charge < -0.3 is 10.3 Å². The minimum atomic E-state index is -4.56. The van der Waals surface area contributed by atoms with Crippen molar-refractivity contribution in [3.05, 3.63) is 65.6 Å². The highest BCUT2D eigenvalue weighted by atomic mass is 19.4. The number of hydrogen-bond donors (Lipinski definition) is 2. The molecule has 0 spiro atoms. The quantitative estimate of drug-likeness (QED) is 0.679. The largest absolute Gasteiger partial charge is 0.418 e. The fourth-order valence-electron chi connectivity index (χ4n) is 2.50. The van der Waals surface area contributed by atoms with E-state index in [2.05, 4.69) is 10.3 Å². The Kier molecular flexibility index (Phi) is 4.01. The lowest BCUT2D eigenvalue weighted by atomic mass is 10.1. The second-order valence-electron chi connectivity index (χ2n) is 5.27. The van der Waals surface area contributed by atoms with Crippen LogP contribution in [-0.4, -0.2) is 10.9 Å². The lowest BCUT2D eigenvalue weighted by Gasteiger charge is -2.13. The van der Waals surface area contributed by atoms with Crippen LogP contribution in [0.5, 0.6) is 0 Å². The smallest absolute Gasteiger partial charge is 0.361 e. The number of fused-ring (bicyclic) bond motifs is 1. The molecule has 1 aromatic heterocycles. The molecule has 7 heteroatoms. The Morgan fingerprint density at radius 3 is 2.62 bits per heavy atom. The van der Waals surface area contributed by atoms with Gasteiger partial charge in [-0.3, -0.25) is 4.79 Å². The van der Waals surface area contributed by atoms with Crippen LogP contribution in [-0.2, 0) is 17.4 Å². The lowest BCUT2D eigenvalue weighted by molar-refractivity contribution is -0.137. The minimum Gasteiger partial charge on any atom is -0.361 e. The van der Waals surface area contributed by atoms with Crippen LogP contribution in [0.25, 0.3) is 10.9 Å². The van der Waals surface area contributed by atoms with Crippen LogP contribution in [0.15, 0.2) is 48.7 Å². The van der Waals surface area contributed by atoms with Crippen LogP contribution in [0, 0.1) is 5.82 Å². The number of carbonyl (C=O) groups excluding carboxylic acids is 1. The molecule has 0 bridgehead atoms. The Morgan fingerprint density at radius 1 is 1.12 bits per heavy atom. The topological polar surface area (TPSA) is 44.9 Å². The molecule has 2 N–H and O–H groups in total. The summed E-state index contributed by atoms with van der Waals surface area (Å²) in [7, 11) is 0. The van der Waals surface area contributed by atoms with Gasteiger partial charge in [-0.25, -0.2) is 4.39 Å². The molecule has 0 atom stereocenters. The van der Waals surface area contributed by atoms with E-state index in [-0.39, 0.29) is 12.1 Å². The molecule has 0 aliphatic rings. The van der Waals surface area contributed by atoms with Gasteiger partial charge in [0.2, 0.25) is 5.91 Å². The summed E-state index contributed by atoms with van der Waals surface area (Å²) >= 11 is 0. The number of anilines is 1. The monoisotopic (exact) mass is 336 g/mol. The molecule has 24 heavy (non-hydrogen) atoms. The van der Waals surface area contributed by atoms with Gasteiger partial charge in [-0.05, 0) is 35.9 Å². The first kappa shape index (κ1) is 16.0. The maximum atomic E-state index is 13.3. The number of halogens is 4. The number of alkyl halides is 3. The standard InChI is InChI=1S/C17H12F4N2O/c18-11-5-6-14-12(8-11)10(9-22-14)7-16(24)23-15-4-2-1-3-13(15)17(19,20)21/h1-6,8-9,22H,7H2,(H,23,24).